The Morgan fingerprint density at radius 1 is 1.35 bits per heavy atom. The van der Waals surface area contributed by atoms with Gasteiger partial charge in [0.05, 0.1) is 26.2 Å². The third-order valence-electron chi connectivity index (χ3n) is 3.75. The normalized spacial score (nSPS) is 16.7. The Morgan fingerprint density at radius 3 is 2.65 bits per heavy atom. The molecule has 0 spiro atoms. The number of piperazine rings is 1. The molecule has 1 aliphatic rings. The van der Waals surface area contributed by atoms with E-state index in [9.17, 15) is 9.18 Å². The Hall–Kier alpha value is -1.42. The zero-order valence-corrected chi connectivity index (χ0v) is 12.4. The maximum atomic E-state index is 13.1. The van der Waals surface area contributed by atoms with Gasteiger partial charge in [-0.3, -0.25) is 4.79 Å². The first kappa shape index (κ1) is 15.0. The molecule has 2 rings (SSSR count). The van der Waals surface area contributed by atoms with Crippen LogP contribution in [0, 0.1) is 11.7 Å². The highest BCUT2D eigenvalue weighted by Crippen LogP contribution is 2.05. The second-order valence-corrected chi connectivity index (χ2v) is 6.04. The highest BCUT2D eigenvalue weighted by atomic mass is 19.1. The van der Waals surface area contributed by atoms with Crippen molar-refractivity contribution in [2.24, 2.45) is 5.92 Å². The predicted octanol–water partition coefficient (Wildman–Crippen LogP) is 1.10. The molecular formula is C16H24FN2O+. The third-order valence-corrected chi connectivity index (χ3v) is 3.75. The first-order valence-electron chi connectivity index (χ1n) is 7.40. The Balaban J connectivity index is 1.81. The molecule has 3 nitrogen and oxygen atoms in total. The smallest absolute Gasteiger partial charge is 0.223 e. The third kappa shape index (κ3) is 4.30. The molecule has 1 aromatic carbocycles. The molecule has 1 N–H and O–H groups in total. The number of halogens is 1. The Bertz CT molecular complexity index is 454. The van der Waals surface area contributed by atoms with Gasteiger partial charge in [-0.15, -0.1) is 0 Å². The Kier molecular flexibility index (Phi) is 5.12. The van der Waals surface area contributed by atoms with Crippen molar-refractivity contribution in [2.45, 2.75) is 26.8 Å². The topological polar surface area (TPSA) is 24.8 Å². The molecule has 0 atom stereocenters. The first-order valence-corrected chi connectivity index (χ1v) is 7.40. The Morgan fingerprint density at radius 2 is 2.05 bits per heavy atom. The van der Waals surface area contributed by atoms with Gasteiger partial charge in [0.1, 0.15) is 12.4 Å². The number of nitrogens with zero attached hydrogens (tertiary/aromatic N) is 1. The van der Waals surface area contributed by atoms with E-state index in [1.54, 1.807) is 12.1 Å². The zero-order chi connectivity index (χ0) is 14.5. The fraction of sp³-hybridized carbons (Fsp3) is 0.562. The average molecular weight is 279 g/mol. The lowest BCUT2D eigenvalue weighted by Crippen LogP contribution is -3.13. The average Bonchev–Trinajstić information content (AvgIpc) is 2.38. The molecular weight excluding hydrogens is 255 g/mol. The molecule has 20 heavy (non-hydrogen) atoms. The Labute approximate surface area is 120 Å². The van der Waals surface area contributed by atoms with Crippen LogP contribution in [-0.2, 0) is 11.3 Å². The summed E-state index contributed by atoms with van der Waals surface area (Å²) in [5.41, 5.74) is 1.03. The van der Waals surface area contributed by atoms with E-state index in [0.717, 1.165) is 38.3 Å². The molecule has 0 aromatic heterocycles. The van der Waals surface area contributed by atoms with E-state index in [4.69, 9.17) is 0 Å². The van der Waals surface area contributed by atoms with Crippen molar-refractivity contribution in [3.63, 3.8) is 0 Å². The van der Waals surface area contributed by atoms with Crippen molar-refractivity contribution >= 4 is 5.91 Å². The summed E-state index contributed by atoms with van der Waals surface area (Å²) in [5.74, 6) is 0.512. The number of quaternary nitrogens is 1. The number of nitrogens with one attached hydrogen (secondary N) is 1. The van der Waals surface area contributed by atoms with Crippen LogP contribution < -0.4 is 4.90 Å². The quantitative estimate of drug-likeness (QED) is 0.877. The molecule has 0 bridgehead atoms. The van der Waals surface area contributed by atoms with Gasteiger partial charge in [-0.05, 0) is 18.1 Å². The molecule has 0 unspecified atom stereocenters. The summed E-state index contributed by atoms with van der Waals surface area (Å²) in [6.07, 6.45) is 0.638. The fourth-order valence-corrected chi connectivity index (χ4v) is 2.66. The van der Waals surface area contributed by atoms with Crippen molar-refractivity contribution in [2.75, 3.05) is 26.2 Å². The minimum Gasteiger partial charge on any atom is -0.331 e. The van der Waals surface area contributed by atoms with Crippen molar-refractivity contribution in [3.8, 4) is 0 Å². The van der Waals surface area contributed by atoms with Gasteiger partial charge in [0.25, 0.3) is 0 Å². The van der Waals surface area contributed by atoms with Gasteiger partial charge in [0.2, 0.25) is 5.91 Å². The lowest BCUT2D eigenvalue weighted by molar-refractivity contribution is -0.917. The maximum absolute atomic E-state index is 13.1. The number of rotatable bonds is 4. The maximum Gasteiger partial charge on any atom is 0.223 e. The van der Waals surface area contributed by atoms with Crippen LogP contribution in [0.4, 0.5) is 4.39 Å². The van der Waals surface area contributed by atoms with E-state index in [-0.39, 0.29) is 11.7 Å². The summed E-state index contributed by atoms with van der Waals surface area (Å²) in [7, 11) is 0. The summed E-state index contributed by atoms with van der Waals surface area (Å²) in [6, 6.07) is 6.80. The monoisotopic (exact) mass is 279 g/mol. The minimum absolute atomic E-state index is 0.173. The van der Waals surface area contributed by atoms with Crippen LogP contribution in [0.2, 0.25) is 0 Å². The molecule has 1 amide bonds. The lowest BCUT2D eigenvalue weighted by Gasteiger charge is -2.32. The summed E-state index contributed by atoms with van der Waals surface area (Å²) in [4.78, 5) is 15.4. The van der Waals surface area contributed by atoms with Crippen LogP contribution in [0.25, 0.3) is 0 Å². The summed E-state index contributed by atoms with van der Waals surface area (Å²) in [5, 5.41) is 0. The summed E-state index contributed by atoms with van der Waals surface area (Å²) in [6.45, 7) is 8.50. The van der Waals surface area contributed by atoms with E-state index < -0.39 is 0 Å². The molecule has 1 fully saturated rings. The van der Waals surface area contributed by atoms with Gasteiger partial charge in [0.15, 0.2) is 0 Å². The predicted molar refractivity (Wildman–Crippen MR) is 76.8 cm³/mol. The van der Waals surface area contributed by atoms with E-state index in [1.807, 2.05) is 11.0 Å². The second kappa shape index (κ2) is 6.84. The van der Waals surface area contributed by atoms with Gasteiger partial charge < -0.3 is 9.80 Å². The van der Waals surface area contributed by atoms with Gasteiger partial charge in [-0.25, -0.2) is 4.39 Å². The van der Waals surface area contributed by atoms with Crippen LogP contribution in [0.1, 0.15) is 25.8 Å². The standard InChI is InChI=1S/C16H23FN2O/c1-13(2)10-16(20)19-8-6-18(7-9-19)12-14-4-3-5-15(17)11-14/h3-5,11,13H,6-10,12H2,1-2H3/p+1. The highest BCUT2D eigenvalue weighted by molar-refractivity contribution is 5.76. The number of carbonyl (C=O) groups is 1. The molecule has 0 aliphatic carbocycles. The molecule has 1 aliphatic heterocycles. The number of carbonyl (C=O) groups excluding carboxylic acids is 1. The summed E-state index contributed by atoms with van der Waals surface area (Å²) >= 11 is 0. The number of amides is 1. The lowest BCUT2D eigenvalue weighted by atomic mass is 10.1. The molecule has 4 heteroatoms. The zero-order valence-electron chi connectivity index (χ0n) is 12.4. The fourth-order valence-electron chi connectivity index (χ4n) is 2.66. The van der Waals surface area contributed by atoms with E-state index >= 15 is 0 Å². The van der Waals surface area contributed by atoms with E-state index in [0.29, 0.717) is 12.3 Å². The number of hydrogen-bond donors (Lipinski definition) is 1. The van der Waals surface area contributed by atoms with Gasteiger partial charge in [0, 0.05) is 12.0 Å². The number of hydrogen-bond acceptors (Lipinski definition) is 1. The van der Waals surface area contributed by atoms with Crippen LogP contribution >= 0.6 is 0 Å². The number of benzene rings is 1. The van der Waals surface area contributed by atoms with E-state index in [2.05, 4.69) is 13.8 Å². The molecule has 0 radical (unpaired) electrons. The van der Waals surface area contributed by atoms with E-state index in [1.165, 1.54) is 11.0 Å². The largest absolute Gasteiger partial charge is 0.331 e. The van der Waals surface area contributed by atoms with Crippen molar-refractivity contribution in [1.82, 2.24) is 4.90 Å². The van der Waals surface area contributed by atoms with Gasteiger partial charge in [-0.2, -0.15) is 0 Å². The summed E-state index contributed by atoms with van der Waals surface area (Å²) < 4.78 is 13.1. The van der Waals surface area contributed by atoms with Crippen LogP contribution in [0.5, 0.6) is 0 Å². The second-order valence-electron chi connectivity index (χ2n) is 6.04. The molecule has 1 saturated heterocycles. The van der Waals surface area contributed by atoms with Crippen LogP contribution in [-0.4, -0.2) is 37.0 Å². The van der Waals surface area contributed by atoms with Crippen molar-refractivity contribution in [3.05, 3.63) is 35.6 Å². The van der Waals surface area contributed by atoms with Crippen LogP contribution in [0.3, 0.4) is 0 Å². The first-order chi connectivity index (χ1) is 9.54. The van der Waals surface area contributed by atoms with Gasteiger partial charge >= 0.3 is 0 Å². The van der Waals surface area contributed by atoms with Crippen molar-refractivity contribution in [1.29, 1.82) is 0 Å². The molecule has 1 heterocycles. The van der Waals surface area contributed by atoms with Crippen LogP contribution in [0.15, 0.2) is 24.3 Å². The van der Waals surface area contributed by atoms with Gasteiger partial charge in [-0.1, -0.05) is 26.0 Å². The highest BCUT2D eigenvalue weighted by Gasteiger charge is 2.23. The molecule has 1 aromatic rings. The minimum atomic E-state index is -0.173. The van der Waals surface area contributed by atoms with Crippen molar-refractivity contribution < 1.29 is 14.1 Å². The molecule has 110 valence electrons. The SMILES string of the molecule is CC(C)CC(=O)N1CC[NH+](Cc2cccc(F)c2)CC1. The molecule has 0 saturated carbocycles.